The van der Waals surface area contributed by atoms with Crippen LogP contribution in [0.1, 0.15) is 12.7 Å². The molecule has 0 saturated heterocycles. The Morgan fingerprint density at radius 1 is 1.05 bits per heavy atom. The Morgan fingerprint density at radius 2 is 1.76 bits per heavy atom. The van der Waals surface area contributed by atoms with Crippen molar-refractivity contribution in [3.63, 3.8) is 0 Å². The van der Waals surface area contributed by atoms with E-state index in [1.165, 1.54) is 0 Å². The Labute approximate surface area is 127 Å². The minimum atomic E-state index is 0.471. The summed E-state index contributed by atoms with van der Waals surface area (Å²) < 4.78 is 5.78. The van der Waals surface area contributed by atoms with Crippen molar-refractivity contribution < 1.29 is 4.74 Å². The number of aryl methyl sites for hydroxylation is 1. The molecule has 2 aromatic carbocycles. The molecular formula is C16H14ClN3O. The predicted octanol–water partition coefficient (Wildman–Crippen LogP) is 4.22. The predicted molar refractivity (Wildman–Crippen MR) is 84.9 cm³/mol. The van der Waals surface area contributed by atoms with E-state index in [2.05, 4.69) is 9.97 Å². The Balaban J connectivity index is 1.97. The summed E-state index contributed by atoms with van der Waals surface area (Å²) in [5.41, 5.74) is 6.81. The van der Waals surface area contributed by atoms with E-state index in [1.807, 2.05) is 37.3 Å². The van der Waals surface area contributed by atoms with Crippen LogP contribution in [0.4, 0.5) is 5.82 Å². The van der Waals surface area contributed by atoms with Gasteiger partial charge in [0.1, 0.15) is 23.1 Å². The standard InChI is InChI=1S/C16H14ClN3O/c1-2-15-19-14-8-7-12(9-13(14)16(18)20-15)21-11-5-3-10(17)4-6-11/h3-9H,2H2,1H3,(H2,18,19,20). The Bertz CT molecular complexity index is 787. The minimum absolute atomic E-state index is 0.471. The number of ether oxygens (including phenoxy) is 1. The summed E-state index contributed by atoms with van der Waals surface area (Å²) in [7, 11) is 0. The van der Waals surface area contributed by atoms with E-state index < -0.39 is 0 Å². The van der Waals surface area contributed by atoms with Crippen molar-refractivity contribution in [2.45, 2.75) is 13.3 Å². The fourth-order valence-electron chi connectivity index (χ4n) is 2.04. The third kappa shape index (κ3) is 2.90. The number of hydrogen-bond donors (Lipinski definition) is 1. The molecule has 3 aromatic rings. The second-order valence-corrected chi connectivity index (χ2v) is 5.05. The molecule has 0 aliphatic carbocycles. The van der Waals surface area contributed by atoms with Crippen LogP contribution >= 0.6 is 11.6 Å². The van der Waals surface area contributed by atoms with Crippen LogP contribution in [0, 0.1) is 0 Å². The molecule has 0 aliphatic rings. The first kappa shape index (κ1) is 13.6. The number of hydrogen-bond acceptors (Lipinski definition) is 4. The molecule has 0 fully saturated rings. The lowest BCUT2D eigenvalue weighted by Crippen LogP contribution is -2.00. The zero-order chi connectivity index (χ0) is 14.8. The topological polar surface area (TPSA) is 61.0 Å². The quantitative estimate of drug-likeness (QED) is 0.786. The molecule has 0 radical (unpaired) electrons. The van der Waals surface area contributed by atoms with Crippen molar-refractivity contribution in [3.8, 4) is 11.5 Å². The van der Waals surface area contributed by atoms with Crippen LogP contribution in [-0.4, -0.2) is 9.97 Å². The summed E-state index contributed by atoms with van der Waals surface area (Å²) in [6.07, 6.45) is 0.753. The van der Waals surface area contributed by atoms with Crippen LogP contribution in [0.5, 0.6) is 11.5 Å². The number of rotatable bonds is 3. The first-order chi connectivity index (χ1) is 10.2. The molecule has 0 atom stereocenters. The maximum Gasteiger partial charge on any atom is 0.135 e. The minimum Gasteiger partial charge on any atom is -0.457 e. The van der Waals surface area contributed by atoms with Crippen LogP contribution in [0.25, 0.3) is 10.9 Å². The van der Waals surface area contributed by atoms with Gasteiger partial charge in [0.15, 0.2) is 0 Å². The first-order valence-electron chi connectivity index (χ1n) is 6.65. The monoisotopic (exact) mass is 299 g/mol. The zero-order valence-electron chi connectivity index (χ0n) is 11.5. The third-order valence-corrected chi connectivity index (χ3v) is 3.36. The molecule has 0 bridgehead atoms. The van der Waals surface area contributed by atoms with Crippen molar-refractivity contribution in [2.24, 2.45) is 0 Å². The lowest BCUT2D eigenvalue weighted by atomic mass is 10.2. The molecule has 1 aromatic heterocycles. The van der Waals surface area contributed by atoms with Crippen LogP contribution in [-0.2, 0) is 6.42 Å². The average molecular weight is 300 g/mol. The van der Waals surface area contributed by atoms with Gasteiger partial charge < -0.3 is 10.5 Å². The smallest absolute Gasteiger partial charge is 0.135 e. The van der Waals surface area contributed by atoms with Crippen molar-refractivity contribution in [3.05, 3.63) is 53.3 Å². The van der Waals surface area contributed by atoms with E-state index in [0.717, 1.165) is 23.1 Å². The van der Waals surface area contributed by atoms with Gasteiger partial charge in [0.05, 0.1) is 5.52 Å². The highest BCUT2D eigenvalue weighted by Gasteiger charge is 2.06. The second kappa shape index (κ2) is 5.58. The molecule has 5 heteroatoms. The molecule has 0 unspecified atom stereocenters. The molecule has 106 valence electrons. The zero-order valence-corrected chi connectivity index (χ0v) is 12.3. The number of aromatic nitrogens is 2. The Hall–Kier alpha value is -2.33. The maximum atomic E-state index is 5.99. The maximum absolute atomic E-state index is 5.99. The summed E-state index contributed by atoms with van der Waals surface area (Å²) in [4.78, 5) is 8.72. The van der Waals surface area contributed by atoms with Gasteiger partial charge in [0.2, 0.25) is 0 Å². The highest BCUT2D eigenvalue weighted by Crippen LogP contribution is 2.28. The van der Waals surface area contributed by atoms with Gasteiger partial charge in [-0.05, 0) is 42.5 Å². The normalized spacial score (nSPS) is 10.8. The van der Waals surface area contributed by atoms with Crippen LogP contribution in [0.15, 0.2) is 42.5 Å². The van der Waals surface area contributed by atoms with E-state index in [4.69, 9.17) is 22.1 Å². The lowest BCUT2D eigenvalue weighted by Gasteiger charge is -2.08. The van der Waals surface area contributed by atoms with E-state index in [9.17, 15) is 0 Å². The van der Waals surface area contributed by atoms with Crippen LogP contribution < -0.4 is 10.5 Å². The number of anilines is 1. The number of halogens is 1. The van der Waals surface area contributed by atoms with E-state index in [-0.39, 0.29) is 0 Å². The van der Waals surface area contributed by atoms with Gasteiger partial charge in [-0.2, -0.15) is 0 Å². The molecule has 0 aliphatic heterocycles. The molecule has 21 heavy (non-hydrogen) atoms. The van der Waals surface area contributed by atoms with Gasteiger partial charge in [0.25, 0.3) is 0 Å². The molecule has 4 nitrogen and oxygen atoms in total. The third-order valence-electron chi connectivity index (χ3n) is 3.11. The van der Waals surface area contributed by atoms with E-state index >= 15 is 0 Å². The molecule has 0 amide bonds. The first-order valence-corrected chi connectivity index (χ1v) is 7.03. The van der Waals surface area contributed by atoms with Gasteiger partial charge in [-0.1, -0.05) is 18.5 Å². The van der Waals surface area contributed by atoms with Crippen LogP contribution in [0.3, 0.4) is 0 Å². The summed E-state index contributed by atoms with van der Waals surface area (Å²) in [6.45, 7) is 2.00. The molecule has 3 rings (SSSR count). The Kier molecular flexibility index (Phi) is 3.62. The molecule has 0 saturated carbocycles. The average Bonchev–Trinajstić information content (AvgIpc) is 2.50. The molecule has 1 heterocycles. The SMILES string of the molecule is CCc1nc(N)c2cc(Oc3ccc(Cl)cc3)ccc2n1. The van der Waals surface area contributed by atoms with Crippen LogP contribution in [0.2, 0.25) is 5.02 Å². The lowest BCUT2D eigenvalue weighted by molar-refractivity contribution is 0.483. The van der Waals surface area contributed by atoms with Crippen molar-refractivity contribution in [2.75, 3.05) is 5.73 Å². The number of benzene rings is 2. The number of nitrogen functional groups attached to an aromatic ring is 1. The van der Waals surface area contributed by atoms with E-state index in [0.29, 0.717) is 22.3 Å². The van der Waals surface area contributed by atoms with Gasteiger partial charge in [-0.25, -0.2) is 9.97 Å². The summed E-state index contributed by atoms with van der Waals surface area (Å²) >= 11 is 5.85. The molecule has 0 spiro atoms. The van der Waals surface area contributed by atoms with Gasteiger partial charge in [0, 0.05) is 16.8 Å². The summed E-state index contributed by atoms with van der Waals surface area (Å²) in [5, 5.41) is 1.46. The molecule has 2 N–H and O–H groups in total. The van der Waals surface area contributed by atoms with Crippen molar-refractivity contribution in [1.82, 2.24) is 9.97 Å². The largest absolute Gasteiger partial charge is 0.457 e. The Morgan fingerprint density at radius 3 is 2.48 bits per heavy atom. The van der Waals surface area contributed by atoms with Gasteiger partial charge in [-0.15, -0.1) is 0 Å². The fraction of sp³-hybridized carbons (Fsp3) is 0.125. The van der Waals surface area contributed by atoms with Crippen molar-refractivity contribution >= 4 is 28.3 Å². The summed E-state index contributed by atoms with van der Waals surface area (Å²) in [6, 6.07) is 12.8. The molecular weight excluding hydrogens is 286 g/mol. The fourth-order valence-corrected chi connectivity index (χ4v) is 2.17. The van der Waals surface area contributed by atoms with Gasteiger partial charge in [-0.3, -0.25) is 0 Å². The van der Waals surface area contributed by atoms with E-state index in [1.54, 1.807) is 12.1 Å². The number of fused-ring (bicyclic) bond motifs is 1. The highest BCUT2D eigenvalue weighted by atomic mass is 35.5. The highest BCUT2D eigenvalue weighted by molar-refractivity contribution is 6.30. The number of nitrogens with zero attached hydrogens (tertiary/aromatic N) is 2. The van der Waals surface area contributed by atoms with Gasteiger partial charge >= 0.3 is 0 Å². The summed E-state index contributed by atoms with van der Waals surface area (Å²) in [5.74, 6) is 2.61. The second-order valence-electron chi connectivity index (χ2n) is 4.61. The van der Waals surface area contributed by atoms with Crippen molar-refractivity contribution in [1.29, 1.82) is 0 Å². The number of nitrogens with two attached hydrogens (primary N) is 1.